The molecule has 3 nitrogen and oxygen atoms in total. The summed E-state index contributed by atoms with van der Waals surface area (Å²) in [5.41, 5.74) is 8.21. The molecule has 0 aliphatic heterocycles. The number of rotatable bonds is 6. The first-order valence-electron chi connectivity index (χ1n) is 15.3. The molecular formula is C38H39AuCl2FN3. The van der Waals surface area contributed by atoms with E-state index in [1.807, 2.05) is 0 Å². The van der Waals surface area contributed by atoms with Crippen LogP contribution in [0.15, 0.2) is 66.9 Å². The first kappa shape index (κ1) is 33.5. The number of para-hydroxylation sites is 2. The summed E-state index contributed by atoms with van der Waals surface area (Å²) in [7, 11) is 0. The van der Waals surface area contributed by atoms with E-state index in [0.29, 0.717) is 26.8 Å². The Balaban J connectivity index is 1.95. The second-order valence-electron chi connectivity index (χ2n) is 12.4. The van der Waals surface area contributed by atoms with E-state index in [1.54, 1.807) is 24.4 Å². The molecule has 3 aromatic carbocycles. The van der Waals surface area contributed by atoms with Gasteiger partial charge in [0.15, 0.2) is 0 Å². The Bertz CT molecular complexity index is 1880. The number of pyridine rings is 1. The van der Waals surface area contributed by atoms with Crippen molar-refractivity contribution in [3.63, 3.8) is 0 Å². The van der Waals surface area contributed by atoms with Crippen LogP contribution in [0, 0.1) is 19.5 Å². The third-order valence-corrected chi connectivity index (χ3v) is 10.8. The quantitative estimate of drug-likeness (QED) is 0.124. The third-order valence-electron chi connectivity index (χ3n) is 8.02. The molecule has 45 heavy (non-hydrogen) atoms. The molecule has 0 amide bonds. The molecular weight excluding hydrogens is 785 g/mol. The molecule has 0 radical (unpaired) electrons. The van der Waals surface area contributed by atoms with Crippen LogP contribution in [0.4, 0.5) is 4.39 Å². The molecule has 0 bridgehead atoms. The molecule has 5 rings (SSSR count). The summed E-state index contributed by atoms with van der Waals surface area (Å²) in [6.07, 6.45) is 1.67. The molecule has 0 atom stereocenters. The fraction of sp³-hybridized carbons (Fsp3) is 0.316. The number of hydrogen-bond donors (Lipinski definition) is 0. The Labute approximate surface area is 285 Å². The molecule has 0 spiro atoms. The standard InChI is InChI=1S/C27H34Cl2N2.C11H5FN.Au/c1-16(2)20-11-9-12-21(17(3)4)24(20)30-15-31(27(29)26(30)28)25-22(18(5)6)13-10-14-23(25)19(7)8;1-2-8-5-6-10(12)9-4-3-7-13-11(8)9;/h9-14,16-19H,1-8H3;3-7H;. The van der Waals surface area contributed by atoms with Crippen LogP contribution >= 0.6 is 23.2 Å². The van der Waals surface area contributed by atoms with Crippen LogP contribution < -0.4 is 0 Å². The van der Waals surface area contributed by atoms with Crippen molar-refractivity contribution >= 4 is 34.1 Å². The van der Waals surface area contributed by atoms with Crippen molar-refractivity contribution in [2.45, 2.75) is 79.1 Å². The van der Waals surface area contributed by atoms with Gasteiger partial charge in [0.25, 0.3) is 0 Å². The van der Waals surface area contributed by atoms with Gasteiger partial charge in [0.1, 0.15) is 0 Å². The van der Waals surface area contributed by atoms with Crippen LogP contribution in [0.1, 0.15) is 107 Å². The van der Waals surface area contributed by atoms with E-state index in [1.165, 1.54) is 28.3 Å². The number of nitrogens with zero attached hydrogens (tertiary/aromatic N) is 3. The Hall–Kier alpha value is -2.91. The van der Waals surface area contributed by atoms with Gasteiger partial charge in [-0.1, -0.05) is 0 Å². The molecule has 238 valence electrons. The summed E-state index contributed by atoms with van der Waals surface area (Å²) in [6.45, 7) is 17.7. The zero-order valence-corrected chi connectivity index (χ0v) is 30.6. The average Bonchev–Trinajstić information content (AvgIpc) is 3.25. The summed E-state index contributed by atoms with van der Waals surface area (Å²) >= 11 is 13.8. The van der Waals surface area contributed by atoms with E-state index in [-0.39, 0.29) is 29.5 Å². The number of halogens is 3. The van der Waals surface area contributed by atoms with Crippen molar-refractivity contribution in [1.82, 2.24) is 14.1 Å². The van der Waals surface area contributed by atoms with E-state index in [0.717, 1.165) is 15.0 Å². The molecule has 0 aliphatic carbocycles. The first-order chi connectivity index (χ1) is 21.4. The predicted molar refractivity (Wildman–Crippen MR) is 183 cm³/mol. The van der Waals surface area contributed by atoms with Gasteiger partial charge in [-0.2, -0.15) is 0 Å². The van der Waals surface area contributed by atoms with E-state index in [2.05, 4.69) is 116 Å². The summed E-state index contributed by atoms with van der Waals surface area (Å²) in [5.74, 6) is 4.07. The minimum atomic E-state index is -0.854. The van der Waals surface area contributed by atoms with Gasteiger partial charge in [0, 0.05) is 0 Å². The van der Waals surface area contributed by atoms with Gasteiger partial charge in [-0.25, -0.2) is 0 Å². The number of aromatic nitrogens is 3. The van der Waals surface area contributed by atoms with Crippen LogP contribution in [0.3, 0.4) is 0 Å². The number of hydrogen-bond acceptors (Lipinski definition) is 1. The topological polar surface area (TPSA) is 22.8 Å². The molecule has 0 saturated heterocycles. The summed E-state index contributed by atoms with van der Waals surface area (Å²) < 4.78 is 23.4. The molecule has 0 aliphatic rings. The van der Waals surface area contributed by atoms with Crippen LogP contribution in [0.2, 0.25) is 10.3 Å². The van der Waals surface area contributed by atoms with Gasteiger partial charge in [-0.15, -0.1) is 0 Å². The van der Waals surface area contributed by atoms with Gasteiger partial charge in [-0.05, 0) is 0 Å². The molecule has 0 N–H and O–H groups in total. The Morgan fingerprint density at radius 1 is 0.667 bits per heavy atom. The molecule has 0 unspecified atom stereocenters. The SMILES string of the molecule is CC(C)c1cccc(C(C)C)c1-n1c(Cl)c(Cl)n(-c2c(C(C)C)cccc2C(C)C)[c]1=[Au][C]#Cc1ccc(F)c2cccnc12. The second kappa shape index (κ2) is 13.8. The van der Waals surface area contributed by atoms with E-state index in [4.69, 9.17) is 23.2 Å². The van der Waals surface area contributed by atoms with Crippen molar-refractivity contribution < 1.29 is 23.7 Å². The Kier molecular flexibility index (Phi) is 10.3. The Morgan fingerprint density at radius 2 is 1.13 bits per heavy atom. The Morgan fingerprint density at radius 3 is 1.58 bits per heavy atom. The van der Waals surface area contributed by atoms with Crippen molar-refractivity contribution in [3.05, 3.63) is 114 Å². The van der Waals surface area contributed by atoms with E-state index < -0.39 is 19.3 Å². The first-order valence-corrected chi connectivity index (χ1v) is 18.2. The van der Waals surface area contributed by atoms with Gasteiger partial charge in [0.05, 0.1) is 0 Å². The number of benzene rings is 3. The predicted octanol–water partition coefficient (Wildman–Crippen LogP) is 11.4. The van der Waals surface area contributed by atoms with Crippen LogP contribution in [-0.4, -0.2) is 14.1 Å². The average molecular weight is 825 g/mol. The molecule has 7 heteroatoms. The number of fused-ring (bicyclic) bond motifs is 1. The van der Waals surface area contributed by atoms with Crippen molar-refractivity contribution in [3.8, 4) is 21.4 Å². The molecule has 0 fully saturated rings. The van der Waals surface area contributed by atoms with E-state index >= 15 is 0 Å². The van der Waals surface area contributed by atoms with Crippen LogP contribution in [0.5, 0.6) is 0 Å². The van der Waals surface area contributed by atoms with E-state index in [9.17, 15) is 4.39 Å². The second-order valence-corrected chi connectivity index (χ2v) is 15.2. The van der Waals surface area contributed by atoms with Crippen molar-refractivity contribution in [2.24, 2.45) is 0 Å². The fourth-order valence-corrected chi connectivity index (χ4v) is 8.63. The monoisotopic (exact) mass is 823 g/mol. The summed E-state index contributed by atoms with van der Waals surface area (Å²) in [5, 5.41) is 1.41. The van der Waals surface area contributed by atoms with Crippen LogP contribution in [-0.2, 0) is 19.3 Å². The zero-order chi connectivity index (χ0) is 32.6. The van der Waals surface area contributed by atoms with Crippen molar-refractivity contribution in [2.75, 3.05) is 0 Å². The maximum atomic E-state index is 14.6. The van der Waals surface area contributed by atoms with Crippen LogP contribution in [0.25, 0.3) is 22.3 Å². The summed E-state index contributed by atoms with van der Waals surface area (Å²) in [6, 6.07) is 19.7. The van der Waals surface area contributed by atoms with Crippen molar-refractivity contribution in [1.29, 1.82) is 0 Å². The molecule has 2 heterocycles. The summed E-state index contributed by atoms with van der Waals surface area (Å²) in [4.78, 5) is 4.46. The third kappa shape index (κ3) is 6.39. The molecule has 2 aromatic heterocycles. The minimum absolute atomic E-state index is 0.255. The molecule has 0 saturated carbocycles. The molecule has 5 aromatic rings. The van der Waals surface area contributed by atoms with Gasteiger partial charge < -0.3 is 0 Å². The fourth-order valence-electron chi connectivity index (χ4n) is 5.73. The van der Waals surface area contributed by atoms with Gasteiger partial charge in [0.2, 0.25) is 0 Å². The normalized spacial score (nSPS) is 11.8. The zero-order valence-electron chi connectivity index (χ0n) is 26.9. The maximum absolute atomic E-state index is 14.6. The number of imidazole rings is 1. The van der Waals surface area contributed by atoms with Gasteiger partial charge in [-0.3, -0.25) is 0 Å². The van der Waals surface area contributed by atoms with Gasteiger partial charge >= 0.3 is 287 Å².